The Kier molecular flexibility index (Phi) is 4.01. The average molecular weight is 322 g/mol. The summed E-state index contributed by atoms with van der Waals surface area (Å²) < 4.78 is 32.9. The van der Waals surface area contributed by atoms with Crippen LogP contribution in [-0.4, -0.2) is 39.1 Å². The molecule has 0 bridgehead atoms. The van der Waals surface area contributed by atoms with Crippen LogP contribution in [0.25, 0.3) is 0 Å². The summed E-state index contributed by atoms with van der Waals surface area (Å²) in [6, 6.07) is 7.41. The largest absolute Gasteiger partial charge is 0.487 e. The van der Waals surface area contributed by atoms with Gasteiger partial charge in [0.2, 0.25) is 10.0 Å². The molecule has 0 aromatic heterocycles. The lowest BCUT2D eigenvalue weighted by molar-refractivity contribution is -0.0179. The van der Waals surface area contributed by atoms with E-state index >= 15 is 0 Å². The maximum atomic E-state index is 11.9. The summed E-state index contributed by atoms with van der Waals surface area (Å²) in [5.41, 5.74) is 0.618. The summed E-state index contributed by atoms with van der Waals surface area (Å²) in [7, 11) is -1.38. The van der Waals surface area contributed by atoms with E-state index in [-0.39, 0.29) is 11.6 Å². The van der Waals surface area contributed by atoms with Gasteiger partial charge < -0.3 is 9.64 Å². The lowest BCUT2D eigenvalue weighted by Crippen LogP contribution is -2.51. The molecule has 0 aliphatic carbocycles. The third-order valence-electron chi connectivity index (χ3n) is 4.62. The van der Waals surface area contributed by atoms with Gasteiger partial charge in [0.05, 0.1) is 6.04 Å². The van der Waals surface area contributed by atoms with Crippen molar-refractivity contribution in [2.75, 3.05) is 20.1 Å². The predicted molar refractivity (Wildman–Crippen MR) is 86.1 cm³/mol. The molecule has 2 aliphatic heterocycles. The van der Waals surface area contributed by atoms with Crippen LogP contribution in [0.1, 0.15) is 30.9 Å². The van der Waals surface area contributed by atoms with E-state index in [9.17, 15) is 8.42 Å². The van der Waals surface area contributed by atoms with Gasteiger partial charge >= 0.3 is 0 Å². The van der Waals surface area contributed by atoms with Crippen LogP contribution < -0.4 is 9.46 Å². The van der Waals surface area contributed by atoms with E-state index in [1.54, 1.807) is 0 Å². The van der Waals surface area contributed by atoms with Crippen LogP contribution in [0.5, 0.6) is 5.75 Å². The zero-order chi connectivity index (χ0) is 15.8. The minimum atomic E-state index is -3.48. The fourth-order valence-corrected chi connectivity index (χ4v) is 4.01. The zero-order valence-electron chi connectivity index (χ0n) is 12.8. The molecule has 3 rings (SSSR count). The van der Waals surface area contributed by atoms with Crippen LogP contribution in [0, 0.1) is 0 Å². The van der Waals surface area contributed by atoms with Crippen LogP contribution in [0.2, 0.25) is 0 Å². The smallest absolute Gasteiger partial charge is 0.233 e. The molecule has 1 N–H and O–H groups in total. The molecule has 0 radical (unpaired) electrons. The Morgan fingerprint density at radius 3 is 2.73 bits per heavy atom. The lowest BCUT2D eigenvalue weighted by Gasteiger charge is -2.46. The van der Waals surface area contributed by atoms with Crippen molar-refractivity contribution in [2.45, 2.75) is 30.9 Å². The summed E-state index contributed by atoms with van der Waals surface area (Å²) >= 11 is 0. The Balaban J connectivity index is 1.93. The zero-order valence-corrected chi connectivity index (χ0v) is 13.6. The van der Waals surface area contributed by atoms with Crippen molar-refractivity contribution in [1.29, 1.82) is 0 Å². The first kappa shape index (κ1) is 15.5. The van der Waals surface area contributed by atoms with Gasteiger partial charge in [0, 0.05) is 30.5 Å². The fourth-order valence-electron chi connectivity index (χ4n) is 3.30. The number of likely N-dealkylation sites (tertiary alicyclic amines) is 1. The van der Waals surface area contributed by atoms with Crippen molar-refractivity contribution in [2.24, 2.45) is 0 Å². The van der Waals surface area contributed by atoms with Crippen molar-refractivity contribution in [3.63, 3.8) is 0 Å². The van der Waals surface area contributed by atoms with Crippen molar-refractivity contribution in [1.82, 2.24) is 9.62 Å². The van der Waals surface area contributed by atoms with E-state index in [2.05, 4.69) is 23.2 Å². The van der Waals surface area contributed by atoms with E-state index in [0.717, 1.165) is 42.7 Å². The second-order valence-corrected chi connectivity index (χ2v) is 7.87. The first-order chi connectivity index (χ1) is 10.4. The molecule has 1 fully saturated rings. The maximum Gasteiger partial charge on any atom is 0.233 e. The summed E-state index contributed by atoms with van der Waals surface area (Å²) in [4.78, 5) is 2.28. The standard InChI is InChI=1S/C16H22N2O3S/c1-3-22(19,20)17-14-12-16(8-10-18(2)11-9-16)21-15-7-5-4-6-13(14)15/h3-7,14,17H,1,8-12H2,2H3. The number of nitrogens with zero attached hydrogens (tertiary/aromatic N) is 1. The monoisotopic (exact) mass is 322 g/mol. The second-order valence-electron chi connectivity index (χ2n) is 6.21. The van der Waals surface area contributed by atoms with Crippen molar-refractivity contribution < 1.29 is 13.2 Å². The number of hydrogen-bond donors (Lipinski definition) is 1. The molecule has 1 unspecified atom stereocenters. The minimum Gasteiger partial charge on any atom is -0.487 e. The number of nitrogens with one attached hydrogen (secondary N) is 1. The molecule has 2 heterocycles. The summed E-state index contributed by atoms with van der Waals surface area (Å²) in [6.07, 6.45) is 2.47. The SMILES string of the molecule is C=CS(=O)(=O)NC1CC2(CCN(C)CC2)Oc2ccccc21. The molecule has 1 saturated heterocycles. The van der Waals surface area contributed by atoms with Gasteiger partial charge in [-0.1, -0.05) is 24.8 Å². The molecule has 1 spiro atoms. The Morgan fingerprint density at radius 2 is 2.05 bits per heavy atom. The molecule has 1 aromatic rings. The number of rotatable bonds is 3. The topological polar surface area (TPSA) is 58.6 Å². The average Bonchev–Trinajstić information content (AvgIpc) is 2.50. The van der Waals surface area contributed by atoms with Gasteiger partial charge in [0.15, 0.2) is 0 Å². The fraction of sp³-hybridized carbons (Fsp3) is 0.500. The molecule has 2 aliphatic rings. The second kappa shape index (κ2) is 5.68. The van der Waals surface area contributed by atoms with Crippen LogP contribution in [0.3, 0.4) is 0 Å². The normalized spacial score (nSPS) is 24.5. The molecule has 6 heteroatoms. The lowest BCUT2D eigenvalue weighted by atomic mass is 9.81. The Morgan fingerprint density at radius 1 is 1.36 bits per heavy atom. The third kappa shape index (κ3) is 3.04. The summed E-state index contributed by atoms with van der Waals surface area (Å²) in [6.45, 7) is 5.30. The number of para-hydroxylation sites is 1. The number of hydrogen-bond acceptors (Lipinski definition) is 4. The predicted octanol–water partition coefficient (Wildman–Crippen LogP) is 2.04. The van der Waals surface area contributed by atoms with Crippen LogP contribution >= 0.6 is 0 Å². The van der Waals surface area contributed by atoms with Gasteiger partial charge in [-0.15, -0.1) is 0 Å². The van der Waals surface area contributed by atoms with Gasteiger partial charge in [0.1, 0.15) is 11.4 Å². The van der Waals surface area contributed by atoms with Gasteiger partial charge in [-0.05, 0) is 26.0 Å². The number of sulfonamides is 1. The van der Waals surface area contributed by atoms with Gasteiger partial charge in [-0.25, -0.2) is 13.1 Å². The first-order valence-electron chi connectivity index (χ1n) is 7.54. The Hall–Kier alpha value is -1.37. The molecular formula is C16H22N2O3S. The number of piperidine rings is 1. The van der Waals surface area contributed by atoms with Crippen molar-refractivity contribution in [3.05, 3.63) is 41.8 Å². The van der Waals surface area contributed by atoms with Crippen LogP contribution in [-0.2, 0) is 10.0 Å². The molecule has 1 aromatic carbocycles. The first-order valence-corrected chi connectivity index (χ1v) is 9.09. The highest BCUT2D eigenvalue weighted by Crippen LogP contribution is 2.44. The van der Waals surface area contributed by atoms with Crippen molar-refractivity contribution >= 4 is 10.0 Å². The van der Waals surface area contributed by atoms with E-state index < -0.39 is 10.0 Å². The number of fused-ring (bicyclic) bond motifs is 1. The summed E-state index contributed by atoms with van der Waals surface area (Å²) in [5.74, 6) is 0.787. The van der Waals surface area contributed by atoms with E-state index in [1.807, 2.05) is 24.3 Å². The number of benzene rings is 1. The highest BCUT2D eigenvalue weighted by atomic mass is 32.2. The van der Waals surface area contributed by atoms with Gasteiger partial charge in [-0.3, -0.25) is 0 Å². The highest BCUT2D eigenvalue weighted by molar-refractivity contribution is 7.92. The molecular weight excluding hydrogens is 300 g/mol. The third-order valence-corrected chi connectivity index (χ3v) is 5.67. The van der Waals surface area contributed by atoms with E-state index in [1.165, 1.54) is 0 Å². The molecule has 22 heavy (non-hydrogen) atoms. The molecule has 1 atom stereocenters. The molecule has 120 valence electrons. The quantitative estimate of drug-likeness (QED) is 0.925. The van der Waals surface area contributed by atoms with E-state index in [4.69, 9.17) is 4.74 Å². The Labute approximate surface area is 132 Å². The van der Waals surface area contributed by atoms with Crippen LogP contribution in [0.15, 0.2) is 36.3 Å². The number of ether oxygens (including phenoxy) is 1. The van der Waals surface area contributed by atoms with Gasteiger partial charge in [0.25, 0.3) is 0 Å². The molecule has 0 amide bonds. The summed E-state index contributed by atoms with van der Waals surface area (Å²) in [5, 5.41) is 0.965. The minimum absolute atomic E-state index is 0.267. The molecule has 5 nitrogen and oxygen atoms in total. The van der Waals surface area contributed by atoms with E-state index in [0.29, 0.717) is 6.42 Å². The molecule has 0 saturated carbocycles. The maximum absolute atomic E-state index is 11.9. The van der Waals surface area contributed by atoms with Gasteiger partial charge in [-0.2, -0.15) is 0 Å². The Bertz CT molecular complexity index is 664. The van der Waals surface area contributed by atoms with Crippen LogP contribution in [0.4, 0.5) is 0 Å². The highest BCUT2D eigenvalue weighted by Gasteiger charge is 2.43. The van der Waals surface area contributed by atoms with Crippen molar-refractivity contribution in [3.8, 4) is 5.75 Å².